The van der Waals surface area contributed by atoms with Gasteiger partial charge in [-0.1, -0.05) is 35.3 Å². The van der Waals surface area contributed by atoms with Crippen molar-refractivity contribution in [2.24, 2.45) is 5.92 Å². The predicted molar refractivity (Wildman–Crippen MR) is 159 cm³/mol. The Kier molecular flexibility index (Phi) is 12.0. The summed E-state index contributed by atoms with van der Waals surface area (Å²) < 4.78 is 76.1. The zero-order valence-corrected chi connectivity index (χ0v) is 26.0. The lowest BCUT2D eigenvalue weighted by Gasteiger charge is -2.23. The van der Waals surface area contributed by atoms with Crippen molar-refractivity contribution in [2.45, 2.75) is 38.5 Å². The molecule has 15 heteroatoms. The molecule has 1 unspecified atom stereocenters. The lowest BCUT2D eigenvalue weighted by atomic mass is 10.0. The number of aromatic nitrogens is 1. The monoisotopic (exact) mass is 674 g/mol. The third-order valence-electron chi connectivity index (χ3n) is 6.68. The molecule has 2 aromatic carbocycles. The summed E-state index contributed by atoms with van der Waals surface area (Å²) in [6, 6.07) is 9.11. The van der Waals surface area contributed by atoms with E-state index < -0.39 is 36.5 Å². The first-order valence-electron chi connectivity index (χ1n) is 13.3. The van der Waals surface area contributed by atoms with E-state index in [1.165, 1.54) is 44.8 Å². The number of hydrogen-bond acceptors (Lipinski definition) is 8. The fraction of sp³-hybridized carbons (Fsp3) is 0.379. The molecular weight excluding hydrogens is 645 g/mol. The molecule has 3 aromatic rings. The SMILES string of the molecule is COc1ccc(CN(CC(=O)O[C@@H](Cc2c(Cl)cncc2Cl)c2ccc(OC(F)F)c(OCC3CC3)c2)S(=O)O)cc1OC. The maximum Gasteiger partial charge on any atom is 0.387 e. The number of esters is 1. The minimum Gasteiger partial charge on any atom is -0.493 e. The normalized spacial score (nSPS) is 14.3. The van der Waals surface area contributed by atoms with E-state index in [0.717, 1.165) is 17.1 Å². The Balaban J connectivity index is 1.60. The Morgan fingerprint density at radius 3 is 2.34 bits per heavy atom. The average molecular weight is 676 g/mol. The van der Waals surface area contributed by atoms with Gasteiger partial charge in [0, 0.05) is 25.4 Å². The van der Waals surface area contributed by atoms with E-state index >= 15 is 0 Å². The smallest absolute Gasteiger partial charge is 0.387 e. The first-order valence-corrected chi connectivity index (χ1v) is 15.2. The summed E-state index contributed by atoms with van der Waals surface area (Å²) in [5.41, 5.74) is 1.35. The minimum atomic E-state index is -3.08. The van der Waals surface area contributed by atoms with Gasteiger partial charge < -0.3 is 23.7 Å². The van der Waals surface area contributed by atoms with Crippen LogP contribution in [0.2, 0.25) is 10.0 Å². The van der Waals surface area contributed by atoms with Gasteiger partial charge >= 0.3 is 12.6 Å². The summed E-state index contributed by atoms with van der Waals surface area (Å²) in [6.45, 7) is -3.46. The van der Waals surface area contributed by atoms with Crippen molar-refractivity contribution in [3.05, 3.63) is 75.5 Å². The van der Waals surface area contributed by atoms with Gasteiger partial charge in [0.15, 0.2) is 23.0 Å². The van der Waals surface area contributed by atoms with Crippen LogP contribution >= 0.6 is 23.2 Å². The van der Waals surface area contributed by atoms with Crippen molar-refractivity contribution in [3.63, 3.8) is 0 Å². The highest BCUT2D eigenvalue weighted by Gasteiger charge is 2.27. The molecule has 0 radical (unpaired) electrons. The van der Waals surface area contributed by atoms with Crippen molar-refractivity contribution >= 4 is 40.4 Å². The number of carbonyl (C=O) groups excluding carboxylic acids is 1. The zero-order valence-electron chi connectivity index (χ0n) is 23.7. The van der Waals surface area contributed by atoms with E-state index in [1.807, 2.05) is 0 Å². The summed E-state index contributed by atoms with van der Waals surface area (Å²) in [5.74, 6) is 0.209. The molecule has 2 atom stereocenters. The first kappa shape index (κ1) is 33.7. The Labute approximate surface area is 265 Å². The molecule has 0 amide bonds. The lowest BCUT2D eigenvalue weighted by Crippen LogP contribution is -2.33. The van der Waals surface area contributed by atoms with Crippen molar-refractivity contribution in [1.82, 2.24) is 9.29 Å². The number of ether oxygens (including phenoxy) is 5. The molecule has 1 aliphatic carbocycles. The number of hydrogen-bond donors (Lipinski definition) is 1. The third-order valence-corrected chi connectivity index (χ3v) is 8.03. The van der Waals surface area contributed by atoms with Crippen LogP contribution in [0, 0.1) is 5.92 Å². The molecular formula is C29H30Cl2F2N2O8S. The van der Waals surface area contributed by atoms with Crippen LogP contribution in [-0.2, 0) is 33.8 Å². The van der Waals surface area contributed by atoms with E-state index in [4.69, 9.17) is 42.1 Å². The maximum atomic E-state index is 13.2. The van der Waals surface area contributed by atoms with Gasteiger partial charge in [0.05, 0.1) is 30.9 Å². The second kappa shape index (κ2) is 15.7. The van der Waals surface area contributed by atoms with Crippen LogP contribution < -0.4 is 18.9 Å². The maximum absolute atomic E-state index is 13.2. The molecule has 1 heterocycles. The highest BCUT2D eigenvalue weighted by Crippen LogP contribution is 2.38. The Bertz CT molecular complexity index is 1460. The highest BCUT2D eigenvalue weighted by atomic mass is 35.5. The molecule has 10 nitrogen and oxygen atoms in total. The van der Waals surface area contributed by atoms with Crippen LogP contribution in [0.4, 0.5) is 8.78 Å². The van der Waals surface area contributed by atoms with Crippen LogP contribution in [0.3, 0.4) is 0 Å². The van der Waals surface area contributed by atoms with Crippen LogP contribution in [0.15, 0.2) is 48.8 Å². The van der Waals surface area contributed by atoms with E-state index in [0.29, 0.717) is 40.7 Å². The van der Waals surface area contributed by atoms with E-state index in [2.05, 4.69) is 9.72 Å². The zero-order chi connectivity index (χ0) is 31.8. The van der Waals surface area contributed by atoms with Gasteiger partial charge in [0.25, 0.3) is 0 Å². The Morgan fingerprint density at radius 2 is 1.73 bits per heavy atom. The highest BCUT2D eigenvalue weighted by molar-refractivity contribution is 7.76. The Morgan fingerprint density at radius 1 is 1.05 bits per heavy atom. The number of halogens is 4. The molecule has 1 aromatic heterocycles. The molecule has 0 aliphatic heterocycles. The topological polar surface area (TPSA) is 117 Å². The number of methoxy groups -OCH3 is 2. The van der Waals surface area contributed by atoms with Crippen LogP contribution in [0.1, 0.15) is 35.6 Å². The first-order chi connectivity index (χ1) is 21.1. The standard InChI is InChI=1S/C29H30Cl2F2N2O8S/c1-39-23-7-5-18(9-26(23)40-2)14-35(44(37)38)15-28(36)42-25(11-20-21(30)12-34-13-22(20)31)19-6-8-24(43-29(32)33)27(10-19)41-16-17-3-4-17/h5-10,12-13,17,25,29H,3-4,11,14-16H2,1-2H3,(H,37,38)/t25-/m0/s1. The van der Waals surface area contributed by atoms with E-state index in [9.17, 15) is 22.3 Å². The summed E-state index contributed by atoms with van der Waals surface area (Å²) in [6.07, 6.45) is 3.61. The average Bonchev–Trinajstić information content (AvgIpc) is 3.82. The number of nitrogens with zero attached hydrogens (tertiary/aromatic N) is 2. The van der Waals surface area contributed by atoms with Gasteiger partial charge in [-0.15, -0.1) is 0 Å². The lowest BCUT2D eigenvalue weighted by molar-refractivity contribution is -0.149. The van der Waals surface area contributed by atoms with Crippen LogP contribution in [0.5, 0.6) is 23.0 Å². The number of carbonyl (C=O) groups is 1. The van der Waals surface area contributed by atoms with Gasteiger partial charge in [-0.05, 0) is 59.7 Å². The molecule has 1 N–H and O–H groups in total. The fourth-order valence-electron chi connectivity index (χ4n) is 4.26. The van der Waals surface area contributed by atoms with E-state index in [1.54, 1.807) is 18.2 Å². The fourth-order valence-corrected chi connectivity index (χ4v) is 5.25. The summed E-state index contributed by atoms with van der Waals surface area (Å²) in [4.78, 5) is 17.2. The van der Waals surface area contributed by atoms with E-state index in [-0.39, 0.29) is 34.5 Å². The number of alkyl halides is 2. The third kappa shape index (κ3) is 9.38. The Hall–Kier alpha value is -3.23. The summed E-state index contributed by atoms with van der Waals surface area (Å²) in [7, 11) is 2.93. The summed E-state index contributed by atoms with van der Waals surface area (Å²) in [5, 5.41) is 0.431. The number of benzene rings is 2. The van der Waals surface area contributed by atoms with Crippen molar-refractivity contribution in [1.29, 1.82) is 0 Å². The quantitative estimate of drug-likeness (QED) is 0.139. The second-order valence-electron chi connectivity index (χ2n) is 9.82. The van der Waals surface area contributed by atoms with Crippen LogP contribution in [0.25, 0.3) is 0 Å². The molecule has 44 heavy (non-hydrogen) atoms. The molecule has 238 valence electrons. The molecule has 0 saturated heterocycles. The largest absolute Gasteiger partial charge is 0.493 e. The van der Waals surface area contributed by atoms with Gasteiger partial charge in [0.1, 0.15) is 12.6 Å². The summed E-state index contributed by atoms with van der Waals surface area (Å²) >= 11 is 10.1. The van der Waals surface area contributed by atoms with Gasteiger partial charge in [-0.3, -0.25) is 14.3 Å². The van der Waals surface area contributed by atoms with Gasteiger partial charge in [-0.25, -0.2) is 4.21 Å². The minimum absolute atomic E-state index is 0.0268. The molecule has 4 rings (SSSR count). The van der Waals surface area contributed by atoms with Crippen molar-refractivity contribution in [2.75, 3.05) is 27.4 Å². The van der Waals surface area contributed by atoms with Crippen molar-refractivity contribution < 1.29 is 46.0 Å². The molecule has 1 saturated carbocycles. The van der Waals surface area contributed by atoms with Crippen LogP contribution in [-0.4, -0.2) is 58.0 Å². The molecule has 1 fully saturated rings. The predicted octanol–water partition coefficient (Wildman–Crippen LogP) is 6.26. The number of rotatable bonds is 16. The van der Waals surface area contributed by atoms with Crippen molar-refractivity contribution in [3.8, 4) is 23.0 Å². The van der Waals surface area contributed by atoms with Gasteiger partial charge in [0.2, 0.25) is 11.3 Å². The molecule has 0 bridgehead atoms. The molecule has 1 aliphatic rings. The van der Waals surface area contributed by atoms with Gasteiger partial charge in [-0.2, -0.15) is 13.1 Å². The number of pyridine rings is 1. The molecule has 0 spiro atoms. The second-order valence-corrected chi connectivity index (χ2v) is 11.6.